The number of aromatic nitrogens is 1. The van der Waals surface area contributed by atoms with Crippen LogP contribution in [0.1, 0.15) is 38.2 Å². The van der Waals surface area contributed by atoms with Gasteiger partial charge >= 0.3 is 0 Å². The van der Waals surface area contributed by atoms with Crippen molar-refractivity contribution in [3.8, 4) is 0 Å². The van der Waals surface area contributed by atoms with E-state index in [1.165, 1.54) is 44.3 Å². The third kappa shape index (κ3) is 3.98. The largest absolute Gasteiger partial charge is 0.370 e. The minimum absolute atomic E-state index is 0.774. The molecule has 1 fully saturated rings. The molecule has 1 saturated heterocycles. The first-order valence-electron chi connectivity index (χ1n) is 7.16. The van der Waals surface area contributed by atoms with Crippen LogP contribution in [0.4, 0.5) is 5.82 Å². The molecule has 3 nitrogen and oxygen atoms in total. The lowest BCUT2D eigenvalue weighted by Crippen LogP contribution is -2.38. The Morgan fingerprint density at radius 3 is 3.00 bits per heavy atom. The first-order chi connectivity index (χ1) is 8.75. The molecule has 2 heterocycles. The van der Waals surface area contributed by atoms with Crippen molar-refractivity contribution in [1.29, 1.82) is 0 Å². The third-order valence-electron chi connectivity index (χ3n) is 3.78. The Morgan fingerprint density at radius 1 is 1.39 bits per heavy atom. The van der Waals surface area contributed by atoms with Gasteiger partial charge in [0, 0.05) is 25.3 Å². The molecular weight excluding hydrogens is 222 g/mol. The Bertz CT molecular complexity index is 347. The lowest BCUT2D eigenvalue weighted by molar-refractivity contribution is 0.160. The zero-order chi connectivity index (χ0) is 12.8. The molecule has 1 aromatic rings. The van der Waals surface area contributed by atoms with Gasteiger partial charge in [-0.3, -0.25) is 0 Å². The highest BCUT2D eigenvalue weighted by atomic mass is 15.2. The van der Waals surface area contributed by atoms with E-state index in [0.29, 0.717) is 0 Å². The molecule has 1 aliphatic rings. The fourth-order valence-electron chi connectivity index (χ4n) is 2.56. The van der Waals surface area contributed by atoms with Gasteiger partial charge in [-0.25, -0.2) is 4.98 Å². The predicted octanol–water partition coefficient (Wildman–Crippen LogP) is 3.07. The van der Waals surface area contributed by atoms with E-state index < -0.39 is 0 Å². The van der Waals surface area contributed by atoms with Crippen LogP contribution >= 0.6 is 0 Å². The highest BCUT2D eigenvalue weighted by Gasteiger charge is 2.16. The fourth-order valence-corrected chi connectivity index (χ4v) is 2.56. The molecule has 100 valence electrons. The zero-order valence-corrected chi connectivity index (χ0v) is 11.7. The van der Waals surface area contributed by atoms with E-state index in [1.54, 1.807) is 0 Å². The maximum Gasteiger partial charge on any atom is 0.125 e. The van der Waals surface area contributed by atoms with Crippen molar-refractivity contribution in [1.82, 2.24) is 9.88 Å². The van der Waals surface area contributed by atoms with E-state index >= 15 is 0 Å². The first-order valence-corrected chi connectivity index (χ1v) is 7.16. The SMILES string of the molecule is Cc1ccc(NCCCN2CCCCC2C)nc1. The first kappa shape index (κ1) is 13.3. The summed E-state index contributed by atoms with van der Waals surface area (Å²) in [4.78, 5) is 6.97. The lowest BCUT2D eigenvalue weighted by atomic mass is 10.0. The van der Waals surface area contributed by atoms with Gasteiger partial charge in [-0.1, -0.05) is 12.5 Å². The maximum atomic E-state index is 4.35. The van der Waals surface area contributed by atoms with Gasteiger partial charge in [-0.15, -0.1) is 0 Å². The van der Waals surface area contributed by atoms with Gasteiger partial charge in [0.15, 0.2) is 0 Å². The van der Waals surface area contributed by atoms with Crippen molar-refractivity contribution in [3.05, 3.63) is 23.9 Å². The van der Waals surface area contributed by atoms with Crippen molar-refractivity contribution in [3.63, 3.8) is 0 Å². The molecule has 1 N–H and O–H groups in total. The average molecular weight is 247 g/mol. The van der Waals surface area contributed by atoms with Crippen molar-refractivity contribution in [2.75, 3.05) is 25.0 Å². The normalized spacial score (nSPS) is 20.9. The molecule has 0 saturated carbocycles. The molecule has 0 aromatic carbocycles. The van der Waals surface area contributed by atoms with Gasteiger partial charge in [0.1, 0.15) is 5.82 Å². The molecule has 0 bridgehead atoms. The monoisotopic (exact) mass is 247 g/mol. The Kier molecular flexibility index (Phi) is 5.00. The van der Waals surface area contributed by atoms with E-state index in [-0.39, 0.29) is 0 Å². The van der Waals surface area contributed by atoms with Crippen LogP contribution in [0.25, 0.3) is 0 Å². The second kappa shape index (κ2) is 6.74. The van der Waals surface area contributed by atoms with Crippen LogP contribution in [0, 0.1) is 6.92 Å². The quantitative estimate of drug-likeness (QED) is 0.811. The van der Waals surface area contributed by atoms with Crippen LogP contribution in [0.3, 0.4) is 0 Å². The van der Waals surface area contributed by atoms with Crippen LogP contribution in [0.5, 0.6) is 0 Å². The second-order valence-corrected chi connectivity index (χ2v) is 5.38. The average Bonchev–Trinajstić information content (AvgIpc) is 2.39. The van der Waals surface area contributed by atoms with Crippen LogP contribution in [0.2, 0.25) is 0 Å². The summed E-state index contributed by atoms with van der Waals surface area (Å²) in [5, 5.41) is 3.39. The van der Waals surface area contributed by atoms with Crippen LogP contribution in [-0.4, -0.2) is 35.6 Å². The van der Waals surface area contributed by atoms with Gasteiger partial charge in [0.25, 0.3) is 0 Å². The van der Waals surface area contributed by atoms with Crippen molar-refractivity contribution in [2.24, 2.45) is 0 Å². The number of pyridine rings is 1. The standard InChI is InChI=1S/C15H25N3/c1-13-7-8-15(17-12-13)16-9-5-11-18-10-4-3-6-14(18)2/h7-8,12,14H,3-6,9-11H2,1-2H3,(H,16,17). The number of nitrogens with one attached hydrogen (secondary N) is 1. The molecule has 2 rings (SSSR count). The Morgan fingerprint density at radius 2 is 2.28 bits per heavy atom. The smallest absolute Gasteiger partial charge is 0.125 e. The maximum absolute atomic E-state index is 4.35. The summed E-state index contributed by atoms with van der Waals surface area (Å²) in [5.41, 5.74) is 1.21. The highest BCUT2D eigenvalue weighted by molar-refractivity contribution is 5.34. The van der Waals surface area contributed by atoms with E-state index in [4.69, 9.17) is 0 Å². The van der Waals surface area contributed by atoms with Crippen LogP contribution in [-0.2, 0) is 0 Å². The van der Waals surface area contributed by atoms with Gasteiger partial charge < -0.3 is 10.2 Å². The molecule has 0 spiro atoms. The molecule has 0 aliphatic carbocycles. The number of rotatable bonds is 5. The summed E-state index contributed by atoms with van der Waals surface area (Å²) < 4.78 is 0. The van der Waals surface area contributed by atoms with Crippen molar-refractivity contribution >= 4 is 5.82 Å². The number of piperidine rings is 1. The molecule has 1 unspecified atom stereocenters. The van der Waals surface area contributed by atoms with Crippen molar-refractivity contribution < 1.29 is 0 Å². The van der Waals surface area contributed by atoms with E-state index in [2.05, 4.69) is 41.2 Å². The molecular formula is C15H25N3. The van der Waals surface area contributed by atoms with Crippen molar-refractivity contribution in [2.45, 2.75) is 45.6 Å². The van der Waals surface area contributed by atoms with E-state index in [9.17, 15) is 0 Å². The Labute approximate surface area is 111 Å². The van der Waals surface area contributed by atoms with Gasteiger partial charge in [0.2, 0.25) is 0 Å². The summed E-state index contributed by atoms with van der Waals surface area (Å²) >= 11 is 0. The molecule has 1 aliphatic heterocycles. The lowest BCUT2D eigenvalue weighted by Gasteiger charge is -2.33. The highest BCUT2D eigenvalue weighted by Crippen LogP contribution is 2.16. The van der Waals surface area contributed by atoms with Gasteiger partial charge in [-0.2, -0.15) is 0 Å². The van der Waals surface area contributed by atoms with Gasteiger partial charge in [0.05, 0.1) is 0 Å². The number of nitrogens with zero attached hydrogens (tertiary/aromatic N) is 2. The molecule has 0 amide bonds. The number of anilines is 1. The van der Waals surface area contributed by atoms with Crippen LogP contribution < -0.4 is 5.32 Å². The molecule has 1 aromatic heterocycles. The molecule has 1 atom stereocenters. The third-order valence-corrected chi connectivity index (χ3v) is 3.78. The number of hydrogen-bond acceptors (Lipinski definition) is 3. The number of likely N-dealkylation sites (tertiary alicyclic amines) is 1. The number of hydrogen-bond donors (Lipinski definition) is 1. The summed E-state index contributed by atoms with van der Waals surface area (Å²) in [7, 11) is 0. The summed E-state index contributed by atoms with van der Waals surface area (Å²) in [5.74, 6) is 0.993. The van der Waals surface area contributed by atoms with Gasteiger partial charge in [-0.05, 0) is 51.3 Å². The van der Waals surface area contributed by atoms with Crippen LogP contribution in [0.15, 0.2) is 18.3 Å². The Balaban J connectivity index is 1.65. The topological polar surface area (TPSA) is 28.2 Å². The molecule has 0 radical (unpaired) electrons. The minimum atomic E-state index is 0.774. The second-order valence-electron chi connectivity index (χ2n) is 5.38. The Hall–Kier alpha value is -1.09. The fraction of sp³-hybridized carbons (Fsp3) is 0.667. The minimum Gasteiger partial charge on any atom is -0.370 e. The summed E-state index contributed by atoms with van der Waals surface area (Å²) in [6.45, 7) is 7.92. The predicted molar refractivity (Wildman–Crippen MR) is 77.0 cm³/mol. The molecule has 3 heteroatoms. The van der Waals surface area contributed by atoms with E-state index in [0.717, 1.165) is 18.4 Å². The summed E-state index contributed by atoms with van der Waals surface area (Å²) in [6.07, 6.45) is 7.25. The van der Waals surface area contributed by atoms with E-state index in [1.807, 2.05) is 6.20 Å². The molecule has 18 heavy (non-hydrogen) atoms. The zero-order valence-electron chi connectivity index (χ0n) is 11.7. The summed E-state index contributed by atoms with van der Waals surface area (Å²) in [6, 6.07) is 4.93. The number of aryl methyl sites for hydroxylation is 1.